The van der Waals surface area contributed by atoms with Crippen molar-refractivity contribution in [2.24, 2.45) is 0 Å². The fraction of sp³-hybridized carbons (Fsp3) is 0.188. The lowest BCUT2D eigenvalue weighted by molar-refractivity contribution is -0.0398. The topological polar surface area (TPSA) is 31.4 Å². The molecule has 0 bridgehead atoms. The number of rotatable bonds is 5. The third-order valence-corrected chi connectivity index (χ3v) is 4.18. The van der Waals surface area contributed by atoms with Crippen LogP contribution in [0.2, 0.25) is 0 Å². The van der Waals surface area contributed by atoms with E-state index < -0.39 is 5.95 Å². The number of pyridine rings is 1. The van der Waals surface area contributed by atoms with Crippen molar-refractivity contribution in [1.29, 1.82) is 0 Å². The van der Waals surface area contributed by atoms with E-state index in [-0.39, 0.29) is 13.4 Å². The van der Waals surface area contributed by atoms with Crippen LogP contribution < -0.4 is 0 Å². The van der Waals surface area contributed by atoms with Crippen LogP contribution >= 0.6 is 11.3 Å². The van der Waals surface area contributed by atoms with E-state index in [1.165, 1.54) is 13.3 Å². The van der Waals surface area contributed by atoms with E-state index in [2.05, 4.69) is 11.1 Å². The number of methoxy groups -OCH3 is 1. The van der Waals surface area contributed by atoms with Crippen LogP contribution in [0.4, 0.5) is 4.39 Å². The zero-order valence-corrected chi connectivity index (χ0v) is 12.3. The van der Waals surface area contributed by atoms with E-state index in [4.69, 9.17) is 9.47 Å². The molecule has 0 N–H and O–H groups in total. The van der Waals surface area contributed by atoms with Crippen LogP contribution in [0.3, 0.4) is 0 Å². The van der Waals surface area contributed by atoms with Gasteiger partial charge in [-0.05, 0) is 28.5 Å². The number of hydrogen-bond acceptors (Lipinski definition) is 4. The van der Waals surface area contributed by atoms with Crippen molar-refractivity contribution in [3.05, 3.63) is 53.4 Å². The molecule has 2 heterocycles. The van der Waals surface area contributed by atoms with Gasteiger partial charge in [0, 0.05) is 29.1 Å². The maximum Gasteiger partial charge on any atom is 0.218 e. The van der Waals surface area contributed by atoms with Crippen LogP contribution in [-0.2, 0) is 16.1 Å². The molecule has 108 valence electrons. The lowest BCUT2D eigenvalue weighted by atomic mass is 10.0. The van der Waals surface area contributed by atoms with Crippen molar-refractivity contribution in [2.75, 3.05) is 13.9 Å². The standard InChI is InChI=1S/C16H14FNO2S/c1-19-10-20-9-14-12(5-7-18-16(14)17)13-4-2-3-11-6-8-21-15(11)13/h2-8H,9-10H2,1H3. The van der Waals surface area contributed by atoms with Crippen molar-refractivity contribution in [2.45, 2.75) is 6.61 Å². The number of thiophene rings is 1. The molecule has 0 saturated carbocycles. The van der Waals surface area contributed by atoms with E-state index in [0.29, 0.717) is 5.56 Å². The molecule has 5 heteroatoms. The number of fused-ring (bicyclic) bond motifs is 1. The summed E-state index contributed by atoms with van der Waals surface area (Å²) in [6, 6.07) is 9.90. The lowest BCUT2D eigenvalue weighted by Crippen LogP contribution is -2.03. The van der Waals surface area contributed by atoms with Gasteiger partial charge in [-0.3, -0.25) is 0 Å². The fourth-order valence-corrected chi connectivity index (χ4v) is 3.22. The Morgan fingerprint density at radius 3 is 2.95 bits per heavy atom. The summed E-state index contributed by atoms with van der Waals surface area (Å²) in [4.78, 5) is 3.73. The first-order valence-electron chi connectivity index (χ1n) is 6.48. The minimum atomic E-state index is -0.503. The molecule has 0 aliphatic carbocycles. The first-order valence-corrected chi connectivity index (χ1v) is 7.36. The third kappa shape index (κ3) is 2.81. The summed E-state index contributed by atoms with van der Waals surface area (Å²) in [5.74, 6) is -0.503. The predicted octanol–water partition coefficient (Wildman–Crippen LogP) is 4.22. The Hall–Kier alpha value is -1.82. The number of hydrogen-bond donors (Lipinski definition) is 0. The first kappa shape index (κ1) is 14.1. The van der Waals surface area contributed by atoms with Gasteiger partial charge in [0.15, 0.2) is 0 Å². The number of ether oxygens (including phenoxy) is 2. The van der Waals surface area contributed by atoms with Crippen molar-refractivity contribution in [1.82, 2.24) is 4.98 Å². The molecule has 3 aromatic rings. The largest absolute Gasteiger partial charge is 0.359 e. The van der Waals surface area contributed by atoms with Gasteiger partial charge in [-0.25, -0.2) is 4.98 Å². The van der Waals surface area contributed by atoms with Crippen LogP contribution in [0.15, 0.2) is 41.9 Å². The molecule has 0 aliphatic heterocycles. The molecule has 0 unspecified atom stereocenters. The molecule has 0 saturated heterocycles. The normalized spacial score (nSPS) is 11.1. The second kappa shape index (κ2) is 6.30. The zero-order valence-electron chi connectivity index (χ0n) is 11.5. The fourth-order valence-electron chi connectivity index (χ4n) is 2.29. The molecule has 0 fully saturated rings. The van der Waals surface area contributed by atoms with E-state index >= 15 is 0 Å². The highest BCUT2D eigenvalue weighted by molar-refractivity contribution is 7.17. The molecule has 0 aliphatic rings. The van der Waals surface area contributed by atoms with Gasteiger partial charge >= 0.3 is 0 Å². The third-order valence-electron chi connectivity index (χ3n) is 3.22. The predicted molar refractivity (Wildman–Crippen MR) is 81.7 cm³/mol. The van der Waals surface area contributed by atoms with Crippen LogP contribution in [0.1, 0.15) is 5.56 Å². The Labute approximate surface area is 126 Å². The van der Waals surface area contributed by atoms with Crippen molar-refractivity contribution < 1.29 is 13.9 Å². The summed E-state index contributed by atoms with van der Waals surface area (Å²) in [7, 11) is 1.53. The summed E-state index contributed by atoms with van der Waals surface area (Å²) in [5.41, 5.74) is 2.27. The van der Waals surface area contributed by atoms with Crippen LogP contribution in [0.25, 0.3) is 21.2 Å². The molecular formula is C16H14FNO2S. The second-order valence-corrected chi connectivity index (χ2v) is 5.44. The van der Waals surface area contributed by atoms with E-state index in [1.807, 2.05) is 29.6 Å². The summed E-state index contributed by atoms with van der Waals surface area (Å²) in [5, 5.41) is 3.19. The van der Waals surface area contributed by atoms with E-state index in [0.717, 1.165) is 21.2 Å². The molecule has 3 nitrogen and oxygen atoms in total. The maximum absolute atomic E-state index is 14.1. The van der Waals surface area contributed by atoms with Crippen LogP contribution in [-0.4, -0.2) is 18.9 Å². The van der Waals surface area contributed by atoms with Gasteiger partial charge in [-0.2, -0.15) is 4.39 Å². The van der Waals surface area contributed by atoms with Crippen molar-refractivity contribution >= 4 is 21.4 Å². The molecule has 0 amide bonds. The number of benzene rings is 1. The van der Waals surface area contributed by atoms with Gasteiger partial charge < -0.3 is 9.47 Å². The SMILES string of the molecule is COCOCc1c(-c2cccc3ccsc23)ccnc1F. The second-order valence-electron chi connectivity index (χ2n) is 4.53. The number of aromatic nitrogens is 1. The molecule has 3 rings (SSSR count). The van der Waals surface area contributed by atoms with Gasteiger partial charge in [0.1, 0.15) is 6.79 Å². The summed E-state index contributed by atoms with van der Waals surface area (Å²) >= 11 is 1.64. The molecule has 1 aromatic carbocycles. The van der Waals surface area contributed by atoms with Crippen LogP contribution in [0, 0.1) is 5.95 Å². The van der Waals surface area contributed by atoms with Crippen molar-refractivity contribution in [3.8, 4) is 11.1 Å². The molecule has 0 radical (unpaired) electrons. The van der Waals surface area contributed by atoms with Gasteiger partial charge in [0.05, 0.1) is 6.61 Å². The Morgan fingerprint density at radius 1 is 1.19 bits per heavy atom. The molecule has 2 aromatic heterocycles. The lowest BCUT2D eigenvalue weighted by Gasteiger charge is -2.11. The van der Waals surface area contributed by atoms with E-state index in [1.54, 1.807) is 11.3 Å². The molecule has 21 heavy (non-hydrogen) atoms. The van der Waals surface area contributed by atoms with Gasteiger partial charge in [0.25, 0.3) is 0 Å². The number of halogens is 1. The van der Waals surface area contributed by atoms with Gasteiger partial charge in [0.2, 0.25) is 5.95 Å². The Kier molecular flexibility index (Phi) is 4.24. The van der Waals surface area contributed by atoms with Gasteiger partial charge in [-0.1, -0.05) is 18.2 Å². The van der Waals surface area contributed by atoms with Crippen molar-refractivity contribution in [3.63, 3.8) is 0 Å². The minimum Gasteiger partial charge on any atom is -0.359 e. The summed E-state index contributed by atoms with van der Waals surface area (Å²) in [6.45, 7) is 0.252. The highest BCUT2D eigenvalue weighted by Gasteiger charge is 2.14. The summed E-state index contributed by atoms with van der Waals surface area (Å²) < 4.78 is 25.3. The maximum atomic E-state index is 14.1. The summed E-state index contributed by atoms with van der Waals surface area (Å²) in [6.07, 6.45) is 1.48. The highest BCUT2D eigenvalue weighted by atomic mass is 32.1. The number of nitrogens with zero attached hydrogens (tertiary/aromatic N) is 1. The molecule has 0 spiro atoms. The quantitative estimate of drug-likeness (QED) is 0.402. The first-order chi connectivity index (χ1) is 10.3. The van der Waals surface area contributed by atoms with Gasteiger partial charge in [-0.15, -0.1) is 11.3 Å². The smallest absolute Gasteiger partial charge is 0.218 e. The highest BCUT2D eigenvalue weighted by Crippen LogP contribution is 2.34. The average Bonchev–Trinajstić information content (AvgIpc) is 2.97. The van der Waals surface area contributed by atoms with E-state index in [9.17, 15) is 4.39 Å². The Bertz CT molecular complexity index is 757. The monoisotopic (exact) mass is 303 g/mol. The average molecular weight is 303 g/mol. The minimum absolute atomic E-state index is 0.122. The van der Waals surface area contributed by atoms with Crippen LogP contribution in [0.5, 0.6) is 0 Å². The zero-order chi connectivity index (χ0) is 14.7. The molecular weight excluding hydrogens is 289 g/mol. The molecule has 0 atom stereocenters. The Balaban J connectivity index is 2.09. The Morgan fingerprint density at radius 2 is 2.10 bits per heavy atom.